The van der Waals surface area contributed by atoms with E-state index in [9.17, 15) is 4.79 Å². The van der Waals surface area contributed by atoms with Crippen molar-refractivity contribution in [2.75, 3.05) is 5.32 Å². The molecule has 0 spiro atoms. The van der Waals surface area contributed by atoms with Gasteiger partial charge in [0.1, 0.15) is 11.7 Å². The summed E-state index contributed by atoms with van der Waals surface area (Å²) in [5, 5.41) is 22.9. The molecule has 0 fully saturated rings. The zero-order valence-corrected chi connectivity index (χ0v) is 9.19. The highest BCUT2D eigenvalue weighted by molar-refractivity contribution is 5.90. The van der Waals surface area contributed by atoms with E-state index in [2.05, 4.69) is 20.8 Å². The molecule has 1 aromatic carbocycles. The van der Waals surface area contributed by atoms with Crippen LogP contribution in [0.1, 0.15) is 11.6 Å². The van der Waals surface area contributed by atoms with Crippen molar-refractivity contribution in [3.63, 3.8) is 0 Å². The third kappa shape index (κ3) is 1.61. The number of aliphatic carboxylic acids is 1. The molecule has 0 bridgehead atoms. The van der Waals surface area contributed by atoms with Crippen LogP contribution in [0.3, 0.4) is 0 Å². The number of carboxylic acid groups (broad SMARTS) is 1. The van der Waals surface area contributed by atoms with Gasteiger partial charge >= 0.3 is 5.97 Å². The molecule has 7 nitrogen and oxygen atoms in total. The number of nitrogens with one attached hydrogen (secondary N) is 1. The zero-order valence-electron chi connectivity index (χ0n) is 9.19. The summed E-state index contributed by atoms with van der Waals surface area (Å²) in [4.78, 5) is 11.1. The van der Waals surface area contributed by atoms with Gasteiger partial charge in [0.15, 0.2) is 0 Å². The number of tetrazole rings is 1. The fourth-order valence-corrected chi connectivity index (χ4v) is 1.87. The quantitative estimate of drug-likeness (QED) is 0.804. The van der Waals surface area contributed by atoms with Gasteiger partial charge in [0.2, 0.25) is 5.95 Å². The van der Waals surface area contributed by atoms with Crippen LogP contribution in [0.5, 0.6) is 0 Å². The van der Waals surface area contributed by atoms with Crippen LogP contribution in [-0.4, -0.2) is 31.3 Å². The van der Waals surface area contributed by atoms with E-state index >= 15 is 0 Å². The second-order valence-electron chi connectivity index (χ2n) is 3.81. The summed E-state index contributed by atoms with van der Waals surface area (Å²) >= 11 is 0. The predicted octanol–water partition coefficient (Wildman–Crippen LogP) is 0.656. The van der Waals surface area contributed by atoms with Crippen molar-refractivity contribution >= 4 is 11.9 Å². The number of benzene rings is 1. The van der Waals surface area contributed by atoms with Gasteiger partial charge in [0, 0.05) is 0 Å². The predicted molar refractivity (Wildman–Crippen MR) is 61.7 cm³/mol. The van der Waals surface area contributed by atoms with Crippen LogP contribution in [0.25, 0.3) is 0 Å². The van der Waals surface area contributed by atoms with E-state index in [1.165, 1.54) is 0 Å². The number of fused-ring (bicyclic) bond motifs is 1. The summed E-state index contributed by atoms with van der Waals surface area (Å²) in [6, 6.07) is 9.15. The highest BCUT2D eigenvalue weighted by Gasteiger charge is 2.25. The summed E-state index contributed by atoms with van der Waals surface area (Å²) in [5.74, 6) is -0.714. The highest BCUT2D eigenvalue weighted by atomic mass is 16.4. The van der Waals surface area contributed by atoms with E-state index in [1.807, 2.05) is 30.3 Å². The highest BCUT2D eigenvalue weighted by Crippen LogP contribution is 2.27. The van der Waals surface area contributed by atoms with Crippen LogP contribution in [0.4, 0.5) is 5.95 Å². The number of anilines is 1. The summed E-state index contributed by atoms with van der Waals surface area (Å²) in [6.07, 6.45) is 1.58. The van der Waals surface area contributed by atoms with Crippen LogP contribution in [0, 0.1) is 0 Å². The lowest BCUT2D eigenvalue weighted by molar-refractivity contribution is -0.132. The molecule has 0 radical (unpaired) electrons. The molecule has 2 aromatic rings. The Labute approximate surface area is 102 Å². The average molecular weight is 243 g/mol. The van der Waals surface area contributed by atoms with Crippen molar-refractivity contribution in [2.24, 2.45) is 0 Å². The Hall–Kier alpha value is -2.70. The summed E-state index contributed by atoms with van der Waals surface area (Å²) in [7, 11) is 0. The number of hydrogen-bond acceptors (Lipinski definition) is 5. The third-order valence-electron chi connectivity index (χ3n) is 2.70. The molecule has 2 N–H and O–H groups in total. The smallest absolute Gasteiger partial charge is 0.352 e. The fraction of sp³-hybridized carbons (Fsp3) is 0.0909. The molecular formula is C11H9N5O2. The molecule has 90 valence electrons. The molecule has 2 heterocycles. The Balaban J connectivity index is 2.10. The molecule has 0 unspecified atom stereocenters. The van der Waals surface area contributed by atoms with Gasteiger partial charge < -0.3 is 10.4 Å². The van der Waals surface area contributed by atoms with Crippen LogP contribution >= 0.6 is 0 Å². The van der Waals surface area contributed by atoms with E-state index < -0.39 is 5.97 Å². The Morgan fingerprint density at radius 3 is 2.83 bits per heavy atom. The van der Waals surface area contributed by atoms with Gasteiger partial charge in [-0.05, 0) is 22.1 Å². The van der Waals surface area contributed by atoms with Crippen LogP contribution < -0.4 is 5.32 Å². The molecule has 1 aliphatic heterocycles. The first-order valence-corrected chi connectivity index (χ1v) is 5.30. The lowest BCUT2D eigenvalue weighted by Gasteiger charge is -2.21. The molecule has 0 saturated heterocycles. The third-order valence-corrected chi connectivity index (χ3v) is 2.70. The lowest BCUT2D eigenvalue weighted by Crippen LogP contribution is -2.24. The second-order valence-corrected chi connectivity index (χ2v) is 3.81. The van der Waals surface area contributed by atoms with E-state index in [0.717, 1.165) is 5.56 Å². The first-order chi connectivity index (χ1) is 8.75. The van der Waals surface area contributed by atoms with Crippen molar-refractivity contribution < 1.29 is 9.90 Å². The average Bonchev–Trinajstić information content (AvgIpc) is 2.86. The van der Waals surface area contributed by atoms with Crippen LogP contribution in [0.15, 0.2) is 42.1 Å². The Morgan fingerprint density at radius 1 is 1.33 bits per heavy atom. The first-order valence-electron chi connectivity index (χ1n) is 5.30. The van der Waals surface area contributed by atoms with Gasteiger partial charge in [-0.15, -0.1) is 0 Å². The van der Waals surface area contributed by atoms with Gasteiger partial charge in [0.05, 0.1) is 0 Å². The topological polar surface area (TPSA) is 92.9 Å². The number of nitrogens with zero attached hydrogens (tertiary/aromatic N) is 4. The van der Waals surface area contributed by atoms with Crippen LogP contribution in [-0.2, 0) is 4.79 Å². The maximum atomic E-state index is 11.1. The zero-order chi connectivity index (χ0) is 12.5. The van der Waals surface area contributed by atoms with Crippen LogP contribution in [0.2, 0.25) is 0 Å². The van der Waals surface area contributed by atoms with Crippen molar-refractivity contribution in [1.82, 2.24) is 20.2 Å². The number of aromatic nitrogens is 4. The van der Waals surface area contributed by atoms with Crippen molar-refractivity contribution in [3.8, 4) is 0 Å². The molecule has 0 aliphatic carbocycles. The standard InChI is InChI=1S/C11H9N5O2/c17-10(18)8-6-9(7-4-2-1-3-5-7)16-11(12-8)13-14-15-16/h1-6,9H,(H,17,18)(H,12,13,15)/t9-/m0/s1. The Kier molecular flexibility index (Phi) is 2.30. The molecule has 3 rings (SSSR count). The molecule has 0 saturated carbocycles. The molecule has 1 aromatic heterocycles. The normalized spacial score (nSPS) is 17.6. The van der Waals surface area contributed by atoms with Crippen molar-refractivity contribution in [2.45, 2.75) is 6.04 Å². The van der Waals surface area contributed by atoms with Crippen molar-refractivity contribution in [3.05, 3.63) is 47.7 Å². The maximum absolute atomic E-state index is 11.1. The number of rotatable bonds is 2. The summed E-state index contributed by atoms with van der Waals surface area (Å²) in [6.45, 7) is 0. The van der Waals surface area contributed by atoms with E-state index in [0.29, 0.717) is 5.95 Å². The maximum Gasteiger partial charge on any atom is 0.352 e. The second kappa shape index (κ2) is 3.95. The lowest BCUT2D eigenvalue weighted by atomic mass is 10.0. The van der Waals surface area contributed by atoms with Gasteiger partial charge in [-0.2, -0.15) is 4.68 Å². The minimum atomic E-state index is -1.04. The van der Waals surface area contributed by atoms with E-state index in [4.69, 9.17) is 5.11 Å². The summed E-state index contributed by atoms with van der Waals surface area (Å²) in [5.41, 5.74) is 0.998. The first kappa shape index (κ1) is 10.5. The van der Waals surface area contributed by atoms with Crippen molar-refractivity contribution in [1.29, 1.82) is 0 Å². The van der Waals surface area contributed by atoms with Gasteiger partial charge in [0.25, 0.3) is 0 Å². The fourth-order valence-electron chi connectivity index (χ4n) is 1.87. The number of hydrogen-bond donors (Lipinski definition) is 2. The monoisotopic (exact) mass is 243 g/mol. The van der Waals surface area contributed by atoms with Gasteiger partial charge in [-0.25, -0.2) is 4.79 Å². The molecular weight excluding hydrogens is 234 g/mol. The molecule has 1 atom stereocenters. The minimum Gasteiger partial charge on any atom is -0.477 e. The van der Waals surface area contributed by atoms with E-state index in [-0.39, 0.29) is 11.7 Å². The largest absolute Gasteiger partial charge is 0.477 e. The molecule has 18 heavy (non-hydrogen) atoms. The SMILES string of the molecule is O=C(O)C1=C[C@@H](c2ccccc2)n2nnnc2N1. The Bertz CT molecular complexity index is 619. The number of allylic oxidation sites excluding steroid dienone is 1. The number of carboxylic acids is 1. The summed E-state index contributed by atoms with van der Waals surface area (Å²) < 4.78 is 1.54. The van der Waals surface area contributed by atoms with E-state index in [1.54, 1.807) is 10.8 Å². The van der Waals surface area contributed by atoms with Gasteiger partial charge in [-0.1, -0.05) is 35.4 Å². The van der Waals surface area contributed by atoms with Gasteiger partial charge in [-0.3, -0.25) is 0 Å². The molecule has 7 heteroatoms. The number of carbonyl (C=O) groups is 1. The minimum absolute atomic E-state index is 0.0751. The molecule has 1 aliphatic rings. The Morgan fingerprint density at radius 2 is 2.11 bits per heavy atom. The molecule has 0 amide bonds.